The number of halogens is 4. The Labute approximate surface area is 111 Å². The highest BCUT2D eigenvalue weighted by Crippen LogP contribution is 2.33. The predicted molar refractivity (Wildman–Crippen MR) is 66.0 cm³/mol. The molecule has 1 atom stereocenters. The molecule has 100 valence electrons. The Morgan fingerprint density at radius 3 is 2.61 bits per heavy atom. The highest BCUT2D eigenvalue weighted by molar-refractivity contribution is 9.10. The van der Waals surface area contributed by atoms with E-state index in [4.69, 9.17) is 5.73 Å². The summed E-state index contributed by atoms with van der Waals surface area (Å²) in [5.41, 5.74) is 4.72. The van der Waals surface area contributed by atoms with E-state index in [0.717, 1.165) is 12.1 Å². The number of rotatable bonds is 3. The Bertz CT molecular complexity index is 448. The van der Waals surface area contributed by atoms with Gasteiger partial charge in [-0.3, -0.25) is 4.79 Å². The fourth-order valence-electron chi connectivity index (χ4n) is 1.21. The first-order valence-corrected chi connectivity index (χ1v) is 5.98. The molecular formula is C11H12BrF3N2O. The number of carbonyl (C=O) groups excluding carboxylic acids is 1. The number of carbonyl (C=O) groups is 1. The van der Waals surface area contributed by atoms with E-state index in [1.807, 2.05) is 0 Å². The molecule has 0 aromatic heterocycles. The van der Waals surface area contributed by atoms with Gasteiger partial charge in [-0.05, 0) is 40.5 Å². The fourth-order valence-corrected chi connectivity index (χ4v) is 1.55. The Balaban J connectivity index is 2.99. The molecule has 3 nitrogen and oxygen atoms in total. The average Bonchev–Trinajstić information content (AvgIpc) is 2.29. The van der Waals surface area contributed by atoms with Crippen molar-refractivity contribution in [1.82, 2.24) is 0 Å². The maximum atomic E-state index is 12.5. The van der Waals surface area contributed by atoms with Gasteiger partial charge >= 0.3 is 6.18 Å². The molecule has 0 saturated carbocycles. The summed E-state index contributed by atoms with van der Waals surface area (Å²) in [4.78, 5) is 11.5. The van der Waals surface area contributed by atoms with E-state index >= 15 is 0 Å². The largest absolute Gasteiger partial charge is 0.416 e. The Hall–Kier alpha value is -1.08. The van der Waals surface area contributed by atoms with Crippen LogP contribution in [0.2, 0.25) is 0 Å². The highest BCUT2D eigenvalue weighted by Gasteiger charge is 2.31. The van der Waals surface area contributed by atoms with Crippen LogP contribution in [0, 0.1) is 0 Å². The summed E-state index contributed by atoms with van der Waals surface area (Å²) in [5.74, 6) is -0.516. The van der Waals surface area contributed by atoms with Gasteiger partial charge in [-0.1, -0.05) is 6.92 Å². The van der Waals surface area contributed by atoms with Gasteiger partial charge in [0, 0.05) is 4.47 Å². The van der Waals surface area contributed by atoms with Gasteiger partial charge in [0.15, 0.2) is 0 Å². The molecule has 0 saturated heterocycles. The van der Waals surface area contributed by atoms with Crippen LogP contribution in [0.25, 0.3) is 0 Å². The zero-order chi connectivity index (χ0) is 13.9. The molecule has 0 aliphatic carbocycles. The van der Waals surface area contributed by atoms with Gasteiger partial charge in [-0.25, -0.2) is 0 Å². The molecular weight excluding hydrogens is 313 g/mol. The van der Waals surface area contributed by atoms with Crippen molar-refractivity contribution in [3.63, 3.8) is 0 Å². The summed E-state index contributed by atoms with van der Waals surface area (Å²) < 4.78 is 37.9. The summed E-state index contributed by atoms with van der Waals surface area (Å²) in [6, 6.07) is 2.28. The van der Waals surface area contributed by atoms with Crippen molar-refractivity contribution >= 4 is 27.5 Å². The minimum atomic E-state index is -4.45. The first-order valence-electron chi connectivity index (χ1n) is 5.19. The van der Waals surface area contributed by atoms with E-state index in [1.54, 1.807) is 6.92 Å². The lowest BCUT2D eigenvalue weighted by Gasteiger charge is -2.14. The number of anilines is 1. The van der Waals surface area contributed by atoms with Gasteiger partial charge in [0.2, 0.25) is 5.91 Å². The SMILES string of the molecule is CC[C@@H](N)C(=O)Nc1cc(C(F)(F)F)ccc1Br. The highest BCUT2D eigenvalue weighted by atomic mass is 79.9. The average molecular weight is 325 g/mol. The number of alkyl halides is 3. The summed E-state index contributed by atoms with van der Waals surface area (Å²) in [5, 5.41) is 2.36. The van der Waals surface area contributed by atoms with Crippen LogP contribution in [0.1, 0.15) is 18.9 Å². The topological polar surface area (TPSA) is 55.1 Å². The number of hydrogen-bond donors (Lipinski definition) is 2. The third-order valence-corrected chi connectivity index (χ3v) is 3.02. The first kappa shape index (κ1) is 15.0. The molecule has 0 unspecified atom stereocenters. The maximum absolute atomic E-state index is 12.5. The summed E-state index contributed by atoms with van der Waals surface area (Å²) >= 11 is 3.07. The van der Waals surface area contributed by atoms with E-state index in [0.29, 0.717) is 10.9 Å². The third kappa shape index (κ3) is 3.71. The Morgan fingerprint density at radius 1 is 1.50 bits per heavy atom. The smallest absolute Gasteiger partial charge is 0.324 e. The molecule has 7 heteroatoms. The van der Waals surface area contributed by atoms with Crippen LogP contribution in [0.5, 0.6) is 0 Å². The summed E-state index contributed by atoms with van der Waals surface area (Å²) in [7, 11) is 0. The number of benzene rings is 1. The van der Waals surface area contributed by atoms with Crippen LogP contribution in [0.4, 0.5) is 18.9 Å². The Morgan fingerprint density at radius 2 is 2.11 bits per heavy atom. The Kier molecular flexibility index (Phi) is 4.75. The first-order chi connectivity index (χ1) is 8.25. The van der Waals surface area contributed by atoms with Gasteiger partial charge < -0.3 is 11.1 Å². The van der Waals surface area contributed by atoms with Gasteiger partial charge in [0.1, 0.15) is 0 Å². The lowest BCUT2D eigenvalue weighted by atomic mass is 10.1. The molecule has 1 aromatic rings. The van der Waals surface area contributed by atoms with Crippen molar-refractivity contribution in [2.45, 2.75) is 25.6 Å². The minimum Gasteiger partial charge on any atom is -0.324 e. The molecule has 0 aliphatic heterocycles. The standard InChI is InChI=1S/C11H12BrF3N2O/c1-2-8(16)10(18)17-9-5-6(11(13,14)15)3-4-7(9)12/h3-5,8H,2,16H2,1H3,(H,17,18)/t8-/m1/s1. The number of amides is 1. The van der Waals surface area contributed by atoms with E-state index in [2.05, 4.69) is 21.2 Å². The van der Waals surface area contributed by atoms with Crippen molar-refractivity contribution in [1.29, 1.82) is 0 Å². The van der Waals surface area contributed by atoms with Gasteiger partial charge in [0.05, 0.1) is 17.3 Å². The maximum Gasteiger partial charge on any atom is 0.416 e. The van der Waals surface area contributed by atoms with E-state index in [1.165, 1.54) is 6.07 Å². The summed E-state index contributed by atoms with van der Waals surface area (Å²) in [6.07, 6.45) is -4.05. The zero-order valence-electron chi connectivity index (χ0n) is 9.51. The second kappa shape index (κ2) is 5.71. The van der Waals surface area contributed by atoms with E-state index < -0.39 is 23.7 Å². The van der Waals surface area contributed by atoms with E-state index in [9.17, 15) is 18.0 Å². The van der Waals surface area contributed by atoms with Crippen molar-refractivity contribution < 1.29 is 18.0 Å². The molecule has 0 bridgehead atoms. The van der Waals surface area contributed by atoms with Crippen LogP contribution in [0.3, 0.4) is 0 Å². The van der Waals surface area contributed by atoms with Crippen LogP contribution < -0.4 is 11.1 Å². The summed E-state index contributed by atoms with van der Waals surface area (Å²) in [6.45, 7) is 1.71. The quantitative estimate of drug-likeness (QED) is 0.897. The molecule has 0 spiro atoms. The molecule has 0 heterocycles. The fraction of sp³-hybridized carbons (Fsp3) is 0.364. The zero-order valence-corrected chi connectivity index (χ0v) is 11.1. The van der Waals surface area contributed by atoms with Crippen LogP contribution in [-0.4, -0.2) is 11.9 Å². The van der Waals surface area contributed by atoms with Crippen LogP contribution in [-0.2, 0) is 11.0 Å². The second-order valence-electron chi connectivity index (χ2n) is 3.70. The molecule has 0 radical (unpaired) electrons. The van der Waals surface area contributed by atoms with Crippen molar-refractivity contribution in [3.05, 3.63) is 28.2 Å². The number of nitrogens with two attached hydrogens (primary N) is 1. The van der Waals surface area contributed by atoms with E-state index in [-0.39, 0.29) is 5.69 Å². The van der Waals surface area contributed by atoms with Crippen LogP contribution >= 0.6 is 15.9 Å². The van der Waals surface area contributed by atoms with Crippen molar-refractivity contribution in [2.24, 2.45) is 5.73 Å². The molecule has 0 aliphatic rings. The van der Waals surface area contributed by atoms with Gasteiger partial charge in [-0.2, -0.15) is 13.2 Å². The number of nitrogens with one attached hydrogen (secondary N) is 1. The molecule has 1 aromatic carbocycles. The molecule has 0 fully saturated rings. The molecule has 18 heavy (non-hydrogen) atoms. The lowest BCUT2D eigenvalue weighted by molar-refractivity contribution is -0.137. The van der Waals surface area contributed by atoms with Crippen LogP contribution in [0.15, 0.2) is 22.7 Å². The van der Waals surface area contributed by atoms with Gasteiger partial charge in [-0.15, -0.1) is 0 Å². The minimum absolute atomic E-state index is 0.0544. The number of hydrogen-bond acceptors (Lipinski definition) is 2. The van der Waals surface area contributed by atoms with Crippen molar-refractivity contribution in [3.8, 4) is 0 Å². The molecule has 1 amide bonds. The van der Waals surface area contributed by atoms with Gasteiger partial charge in [0.25, 0.3) is 0 Å². The predicted octanol–water partition coefficient (Wildman–Crippen LogP) is 3.14. The third-order valence-electron chi connectivity index (χ3n) is 2.33. The van der Waals surface area contributed by atoms with Crippen molar-refractivity contribution in [2.75, 3.05) is 5.32 Å². The normalized spacial score (nSPS) is 13.2. The monoisotopic (exact) mass is 324 g/mol. The lowest BCUT2D eigenvalue weighted by Crippen LogP contribution is -2.34. The molecule has 3 N–H and O–H groups in total. The molecule has 1 rings (SSSR count). The second-order valence-corrected chi connectivity index (χ2v) is 4.55.